The number of nitrogens with one attached hydrogen (secondary N) is 2. The van der Waals surface area contributed by atoms with Crippen LogP contribution in [0.15, 0.2) is 66.7 Å². The summed E-state index contributed by atoms with van der Waals surface area (Å²) in [5.74, 6) is 0.565. The lowest BCUT2D eigenvalue weighted by Gasteiger charge is -2.20. The average molecular weight is 418 g/mol. The van der Waals surface area contributed by atoms with Crippen molar-refractivity contribution in [3.05, 3.63) is 83.4 Å². The molecule has 0 fully saturated rings. The zero-order chi connectivity index (χ0) is 22.2. The van der Waals surface area contributed by atoms with Gasteiger partial charge in [0.15, 0.2) is 0 Å². The SMILES string of the molecule is COCCC(NC(=O)c1cccc(-c2ccc(N)c(C=N)c2)c1)c1cccc(OC)c1. The summed E-state index contributed by atoms with van der Waals surface area (Å²) in [6.07, 6.45) is 1.86. The normalized spacial score (nSPS) is 11.5. The van der Waals surface area contributed by atoms with Gasteiger partial charge in [0, 0.05) is 36.7 Å². The second-order valence-corrected chi connectivity index (χ2v) is 7.15. The minimum atomic E-state index is -0.216. The van der Waals surface area contributed by atoms with Crippen LogP contribution in [-0.2, 0) is 4.74 Å². The lowest BCUT2D eigenvalue weighted by atomic mass is 9.99. The van der Waals surface area contributed by atoms with Crippen molar-refractivity contribution in [1.82, 2.24) is 5.32 Å². The number of anilines is 1. The van der Waals surface area contributed by atoms with Gasteiger partial charge in [0.25, 0.3) is 5.91 Å². The molecule has 0 saturated heterocycles. The third-order valence-electron chi connectivity index (χ3n) is 5.11. The Balaban J connectivity index is 1.85. The Labute approximate surface area is 182 Å². The highest BCUT2D eigenvalue weighted by molar-refractivity contribution is 5.96. The van der Waals surface area contributed by atoms with Gasteiger partial charge >= 0.3 is 0 Å². The van der Waals surface area contributed by atoms with Crippen LogP contribution in [0, 0.1) is 5.41 Å². The number of rotatable bonds is 9. The summed E-state index contributed by atoms with van der Waals surface area (Å²) in [6.45, 7) is 0.514. The zero-order valence-corrected chi connectivity index (χ0v) is 17.7. The zero-order valence-electron chi connectivity index (χ0n) is 17.7. The van der Waals surface area contributed by atoms with E-state index in [4.69, 9.17) is 20.6 Å². The number of nitrogen functional groups attached to an aromatic ring is 1. The van der Waals surface area contributed by atoms with E-state index in [2.05, 4.69) is 5.32 Å². The molecule has 3 aromatic rings. The first-order valence-electron chi connectivity index (χ1n) is 10.00. The van der Waals surface area contributed by atoms with E-state index in [0.717, 1.165) is 22.4 Å². The molecule has 31 heavy (non-hydrogen) atoms. The molecule has 160 valence electrons. The first-order valence-corrected chi connectivity index (χ1v) is 10.00. The molecular weight excluding hydrogens is 390 g/mol. The molecule has 0 aliphatic carbocycles. The highest BCUT2D eigenvalue weighted by Crippen LogP contribution is 2.25. The second-order valence-electron chi connectivity index (χ2n) is 7.15. The molecule has 6 nitrogen and oxygen atoms in total. The number of nitrogens with two attached hydrogens (primary N) is 1. The minimum Gasteiger partial charge on any atom is -0.497 e. The summed E-state index contributed by atoms with van der Waals surface area (Å²) < 4.78 is 10.6. The maximum atomic E-state index is 13.1. The molecule has 0 spiro atoms. The van der Waals surface area contributed by atoms with Gasteiger partial charge in [-0.3, -0.25) is 4.79 Å². The summed E-state index contributed by atoms with van der Waals surface area (Å²) in [6, 6.07) is 20.4. The molecule has 1 amide bonds. The van der Waals surface area contributed by atoms with Crippen molar-refractivity contribution in [3.8, 4) is 16.9 Å². The van der Waals surface area contributed by atoms with Gasteiger partial charge in [-0.25, -0.2) is 0 Å². The summed E-state index contributed by atoms with van der Waals surface area (Å²) in [7, 11) is 3.26. The molecule has 0 aliphatic rings. The average Bonchev–Trinajstić information content (AvgIpc) is 2.82. The molecule has 3 rings (SSSR count). The van der Waals surface area contributed by atoms with Gasteiger partial charge in [-0.05, 0) is 59.5 Å². The van der Waals surface area contributed by atoms with Crippen molar-refractivity contribution >= 4 is 17.8 Å². The summed E-state index contributed by atoms with van der Waals surface area (Å²) in [4.78, 5) is 13.1. The van der Waals surface area contributed by atoms with Crippen LogP contribution >= 0.6 is 0 Å². The maximum Gasteiger partial charge on any atom is 0.251 e. The molecular formula is C25H27N3O3. The van der Waals surface area contributed by atoms with Gasteiger partial charge in [0.05, 0.1) is 13.2 Å². The third-order valence-corrected chi connectivity index (χ3v) is 5.11. The van der Waals surface area contributed by atoms with Gasteiger partial charge in [-0.2, -0.15) is 0 Å². The molecule has 0 aromatic heterocycles. The van der Waals surface area contributed by atoms with E-state index >= 15 is 0 Å². The lowest BCUT2D eigenvalue weighted by Crippen LogP contribution is -2.29. The van der Waals surface area contributed by atoms with Crippen LogP contribution in [0.5, 0.6) is 5.75 Å². The van der Waals surface area contributed by atoms with Crippen molar-refractivity contribution in [3.63, 3.8) is 0 Å². The number of carbonyl (C=O) groups excluding carboxylic acids is 1. The van der Waals surface area contributed by atoms with Crippen LogP contribution in [0.3, 0.4) is 0 Å². The molecule has 3 aromatic carbocycles. The fourth-order valence-electron chi connectivity index (χ4n) is 3.38. The van der Waals surface area contributed by atoms with Crippen LogP contribution in [0.1, 0.15) is 33.9 Å². The lowest BCUT2D eigenvalue weighted by molar-refractivity contribution is 0.0924. The number of benzene rings is 3. The fourth-order valence-corrected chi connectivity index (χ4v) is 3.38. The smallest absolute Gasteiger partial charge is 0.251 e. The predicted molar refractivity (Wildman–Crippen MR) is 124 cm³/mol. The van der Waals surface area contributed by atoms with E-state index in [-0.39, 0.29) is 11.9 Å². The molecule has 1 unspecified atom stereocenters. The Morgan fingerprint density at radius 2 is 1.84 bits per heavy atom. The van der Waals surface area contributed by atoms with Crippen LogP contribution in [0.2, 0.25) is 0 Å². The number of hydrogen-bond acceptors (Lipinski definition) is 5. The van der Waals surface area contributed by atoms with Crippen molar-refractivity contribution < 1.29 is 14.3 Å². The molecule has 0 radical (unpaired) electrons. The summed E-state index contributed by atoms with van der Waals surface area (Å²) in [5.41, 5.74) is 10.4. The van der Waals surface area contributed by atoms with Crippen molar-refractivity contribution in [2.45, 2.75) is 12.5 Å². The molecule has 0 aliphatic heterocycles. The molecule has 6 heteroatoms. The summed E-state index contributed by atoms with van der Waals surface area (Å²) in [5, 5.41) is 10.6. The Morgan fingerprint density at radius 3 is 2.58 bits per heavy atom. The van der Waals surface area contributed by atoms with E-state index in [9.17, 15) is 4.79 Å². The van der Waals surface area contributed by atoms with Gasteiger partial charge in [-0.1, -0.05) is 30.3 Å². The Morgan fingerprint density at radius 1 is 1.06 bits per heavy atom. The van der Waals surface area contributed by atoms with E-state index in [1.54, 1.807) is 26.4 Å². The van der Waals surface area contributed by atoms with Gasteiger partial charge < -0.3 is 25.9 Å². The monoisotopic (exact) mass is 417 g/mol. The predicted octanol–water partition coefficient (Wildman–Crippen LogP) is 4.45. The van der Waals surface area contributed by atoms with E-state index in [1.807, 2.05) is 54.6 Å². The number of hydrogen-bond donors (Lipinski definition) is 3. The van der Waals surface area contributed by atoms with E-state index < -0.39 is 0 Å². The molecule has 0 saturated carbocycles. The second kappa shape index (κ2) is 10.4. The van der Waals surface area contributed by atoms with E-state index in [0.29, 0.717) is 29.8 Å². The Kier molecular flexibility index (Phi) is 7.40. The Hall–Kier alpha value is -3.64. The standard InChI is InChI=1S/C25H27N3O3/c1-30-12-11-24(19-6-4-8-22(15-19)31-2)28-25(29)20-7-3-5-17(13-20)18-9-10-23(27)21(14-18)16-26/h3-10,13-16,24,26H,11-12,27H2,1-2H3,(H,28,29). The minimum absolute atomic E-state index is 0.173. The fraction of sp³-hybridized carbons (Fsp3) is 0.200. The highest BCUT2D eigenvalue weighted by atomic mass is 16.5. The molecule has 0 heterocycles. The quantitative estimate of drug-likeness (QED) is 0.354. The Bertz CT molecular complexity index is 1070. The third kappa shape index (κ3) is 5.49. The first kappa shape index (κ1) is 22.1. The number of amides is 1. The van der Waals surface area contributed by atoms with Crippen molar-refractivity contribution in [1.29, 1.82) is 5.41 Å². The number of methoxy groups -OCH3 is 2. The van der Waals surface area contributed by atoms with Crippen molar-refractivity contribution in [2.24, 2.45) is 0 Å². The topological polar surface area (TPSA) is 97.4 Å². The van der Waals surface area contributed by atoms with Gasteiger partial charge in [-0.15, -0.1) is 0 Å². The number of carbonyl (C=O) groups is 1. The first-order chi connectivity index (χ1) is 15.0. The molecule has 4 N–H and O–H groups in total. The maximum absolute atomic E-state index is 13.1. The van der Waals surface area contributed by atoms with Crippen molar-refractivity contribution in [2.75, 3.05) is 26.6 Å². The van der Waals surface area contributed by atoms with Gasteiger partial charge in [0.2, 0.25) is 0 Å². The van der Waals surface area contributed by atoms with Crippen LogP contribution in [-0.4, -0.2) is 32.9 Å². The number of ether oxygens (including phenoxy) is 2. The highest BCUT2D eigenvalue weighted by Gasteiger charge is 2.17. The molecule has 1 atom stereocenters. The van der Waals surface area contributed by atoms with Crippen LogP contribution < -0.4 is 15.8 Å². The largest absolute Gasteiger partial charge is 0.497 e. The van der Waals surface area contributed by atoms with Crippen LogP contribution in [0.25, 0.3) is 11.1 Å². The summed E-state index contributed by atoms with van der Waals surface area (Å²) >= 11 is 0. The van der Waals surface area contributed by atoms with Crippen LogP contribution in [0.4, 0.5) is 5.69 Å². The van der Waals surface area contributed by atoms with Gasteiger partial charge in [0.1, 0.15) is 5.75 Å². The van der Waals surface area contributed by atoms with E-state index in [1.165, 1.54) is 6.21 Å². The molecule has 0 bridgehead atoms.